The highest BCUT2D eigenvalue weighted by Crippen LogP contribution is 2.37. The third-order valence-electron chi connectivity index (χ3n) is 6.42. The van der Waals surface area contributed by atoms with Crippen molar-refractivity contribution in [3.8, 4) is 5.69 Å². The zero-order valence-electron chi connectivity index (χ0n) is 20.0. The molecule has 1 aliphatic rings. The summed E-state index contributed by atoms with van der Waals surface area (Å²) in [6, 6.07) is 16.3. The molecule has 1 aliphatic carbocycles. The molecule has 0 saturated heterocycles. The Morgan fingerprint density at radius 2 is 1.86 bits per heavy atom. The summed E-state index contributed by atoms with van der Waals surface area (Å²) in [4.78, 5) is 10.8. The lowest BCUT2D eigenvalue weighted by Crippen LogP contribution is -2.19. The number of aliphatic carboxylic acids is 1. The third kappa shape index (κ3) is 6.56. The maximum absolute atomic E-state index is 13.6. The van der Waals surface area contributed by atoms with E-state index >= 15 is 0 Å². The number of rotatable bonds is 10. The van der Waals surface area contributed by atoms with Crippen molar-refractivity contribution >= 4 is 18.1 Å². The molecule has 1 heterocycles. The van der Waals surface area contributed by atoms with Gasteiger partial charge in [-0.3, -0.25) is 4.79 Å². The summed E-state index contributed by atoms with van der Waals surface area (Å²) >= 11 is 0. The maximum Gasteiger partial charge on any atom is 0.305 e. The van der Waals surface area contributed by atoms with E-state index in [2.05, 4.69) is 24.3 Å². The van der Waals surface area contributed by atoms with Crippen molar-refractivity contribution in [2.75, 3.05) is 0 Å². The largest absolute Gasteiger partial charge is 0.481 e. The van der Waals surface area contributed by atoms with Crippen LogP contribution in [0.25, 0.3) is 17.8 Å². The fourth-order valence-electron chi connectivity index (χ4n) is 4.68. The quantitative estimate of drug-likeness (QED) is 0.366. The topological polar surface area (TPSA) is 95.6 Å². The number of benzene rings is 2. The van der Waals surface area contributed by atoms with Crippen LogP contribution < -0.4 is 0 Å². The molecule has 4 rings (SSSR count). The smallest absolute Gasteiger partial charge is 0.305 e. The molecule has 7 heteroatoms. The Bertz CT molecular complexity index is 1220. The van der Waals surface area contributed by atoms with Gasteiger partial charge in [-0.25, -0.2) is 9.07 Å². The molecule has 2 aromatic carbocycles. The Morgan fingerprint density at radius 3 is 2.58 bits per heavy atom. The zero-order valence-corrected chi connectivity index (χ0v) is 20.0. The van der Waals surface area contributed by atoms with Crippen molar-refractivity contribution in [2.24, 2.45) is 0 Å². The van der Waals surface area contributed by atoms with Gasteiger partial charge < -0.3 is 15.3 Å². The molecule has 1 aromatic heterocycles. The van der Waals surface area contributed by atoms with Crippen molar-refractivity contribution in [3.63, 3.8) is 0 Å². The molecule has 3 N–H and O–H groups in total. The number of hydrogen-bond acceptors (Lipinski definition) is 4. The summed E-state index contributed by atoms with van der Waals surface area (Å²) in [5.41, 5.74) is 4.76. The molecule has 1 unspecified atom stereocenters. The first-order valence-electron chi connectivity index (χ1n) is 12.3. The van der Waals surface area contributed by atoms with Crippen LogP contribution in [0.4, 0.5) is 4.39 Å². The molecule has 0 spiro atoms. The van der Waals surface area contributed by atoms with Gasteiger partial charge >= 0.3 is 5.97 Å². The number of hydrogen-bond donors (Lipinski definition) is 3. The second-order valence-corrected chi connectivity index (χ2v) is 9.19. The Kier molecular flexibility index (Phi) is 8.46. The molecule has 3 aromatic rings. The second kappa shape index (κ2) is 11.9. The molecule has 36 heavy (non-hydrogen) atoms. The average molecular weight is 491 g/mol. The number of carboxylic acids is 1. The summed E-state index contributed by atoms with van der Waals surface area (Å²) < 4.78 is 15.4. The molecule has 0 saturated carbocycles. The number of aliphatic hydroxyl groups excluding tert-OH is 2. The highest BCUT2D eigenvalue weighted by molar-refractivity contribution is 5.67. The predicted octanol–water partition coefficient (Wildman–Crippen LogP) is 5.13. The van der Waals surface area contributed by atoms with E-state index in [-0.39, 0.29) is 18.2 Å². The lowest BCUT2D eigenvalue weighted by molar-refractivity contribution is -0.139. The standard InChI is InChI=1S/C29H31FN2O4/c30-22-12-14-23(15-13-22)32-27(17-16-24(33)18-25(34)19-28(35)36)26-11-5-10-21(29(26)31-32)9-4-8-20-6-2-1-3-7-20/h1-4,6-8,12-17,21,24-25,33-34H,5,9-11,18-19H2,(H,35,36)/b8-4+,17-16+/t21?,24-,25-/m1/s1. The number of carboxylic acid groups (broad SMARTS) is 1. The molecular formula is C29H31FN2O4. The second-order valence-electron chi connectivity index (χ2n) is 9.19. The van der Waals surface area contributed by atoms with Gasteiger partial charge in [-0.15, -0.1) is 0 Å². The molecule has 0 fully saturated rings. The molecule has 3 atom stereocenters. The Labute approximate surface area is 210 Å². The summed E-state index contributed by atoms with van der Waals surface area (Å²) in [5, 5.41) is 34.0. The monoisotopic (exact) mass is 490 g/mol. The number of allylic oxidation sites excluding steroid dienone is 1. The third-order valence-corrected chi connectivity index (χ3v) is 6.42. The van der Waals surface area contributed by atoms with E-state index in [0.717, 1.165) is 48.2 Å². The molecule has 188 valence electrons. The SMILES string of the molecule is O=C(O)C[C@H](O)C[C@H](O)/C=C/c1c2c(nn1-c1ccc(F)cc1)C(C/C=C/c1ccccc1)CCC2. The van der Waals surface area contributed by atoms with Crippen LogP contribution in [0, 0.1) is 5.82 Å². The van der Waals surface area contributed by atoms with Crippen LogP contribution in [0.5, 0.6) is 0 Å². The van der Waals surface area contributed by atoms with E-state index in [0.29, 0.717) is 5.69 Å². The lowest BCUT2D eigenvalue weighted by atomic mass is 9.84. The van der Waals surface area contributed by atoms with Crippen molar-refractivity contribution in [3.05, 3.63) is 95.1 Å². The number of fused-ring (bicyclic) bond motifs is 1. The summed E-state index contributed by atoms with van der Waals surface area (Å²) in [5.74, 6) is -1.21. The van der Waals surface area contributed by atoms with E-state index in [9.17, 15) is 19.4 Å². The van der Waals surface area contributed by atoms with Crippen molar-refractivity contribution in [2.45, 2.75) is 56.7 Å². The summed E-state index contributed by atoms with van der Waals surface area (Å²) in [6.07, 6.45) is 8.67. The normalized spacial score (nSPS) is 17.4. The van der Waals surface area contributed by atoms with Crippen molar-refractivity contribution in [1.82, 2.24) is 9.78 Å². The van der Waals surface area contributed by atoms with Gasteiger partial charge in [-0.2, -0.15) is 5.10 Å². The Hall–Kier alpha value is -3.55. The van der Waals surface area contributed by atoms with Crippen molar-refractivity contribution in [1.29, 1.82) is 0 Å². The molecule has 0 amide bonds. The van der Waals surface area contributed by atoms with E-state index in [1.807, 2.05) is 18.2 Å². The maximum atomic E-state index is 13.6. The first-order valence-corrected chi connectivity index (χ1v) is 12.3. The Balaban J connectivity index is 1.61. The lowest BCUT2D eigenvalue weighted by Gasteiger charge is -2.20. The van der Waals surface area contributed by atoms with Crippen molar-refractivity contribution < 1.29 is 24.5 Å². The van der Waals surface area contributed by atoms with Crippen LogP contribution in [0.3, 0.4) is 0 Å². The average Bonchev–Trinajstić information content (AvgIpc) is 3.22. The van der Waals surface area contributed by atoms with Gasteiger partial charge in [-0.1, -0.05) is 48.6 Å². The van der Waals surface area contributed by atoms with Gasteiger partial charge in [0, 0.05) is 17.9 Å². The number of aliphatic hydroxyl groups is 2. The van der Waals surface area contributed by atoms with Gasteiger partial charge in [-0.05, 0) is 61.6 Å². The minimum atomic E-state index is -1.14. The number of nitrogens with zero attached hydrogens (tertiary/aromatic N) is 2. The molecular weight excluding hydrogens is 459 g/mol. The van der Waals surface area contributed by atoms with E-state index in [4.69, 9.17) is 10.2 Å². The number of carbonyl (C=O) groups is 1. The molecule has 6 nitrogen and oxygen atoms in total. The fraction of sp³-hybridized carbons (Fsp3) is 0.310. The van der Waals surface area contributed by atoms with Gasteiger partial charge in [0.1, 0.15) is 5.82 Å². The number of halogens is 1. The predicted molar refractivity (Wildman–Crippen MR) is 137 cm³/mol. The van der Waals surface area contributed by atoms with E-state index < -0.39 is 24.6 Å². The first kappa shape index (κ1) is 25.5. The first-order chi connectivity index (χ1) is 17.4. The molecule has 0 bridgehead atoms. The van der Waals surface area contributed by atoms with Crippen LogP contribution in [0.15, 0.2) is 66.7 Å². The van der Waals surface area contributed by atoms with Gasteiger partial charge in [0.2, 0.25) is 0 Å². The van der Waals surface area contributed by atoms with Crippen LogP contribution in [0.2, 0.25) is 0 Å². The number of aromatic nitrogens is 2. The fourth-order valence-corrected chi connectivity index (χ4v) is 4.68. The molecule has 0 radical (unpaired) electrons. The highest BCUT2D eigenvalue weighted by atomic mass is 19.1. The van der Waals surface area contributed by atoms with Crippen LogP contribution in [-0.4, -0.2) is 43.3 Å². The van der Waals surface area contributed by atoms with E-state index in [1.54, 1.807) is 29.0 Å². The minimum absolute atomic E-state index is 0.0808. The van der Waals surface area contributed by atoms with Gasteiger partial charge in [0.05, 0.1) is 35.7 Å². The Morgan fingerprint density at radius 1 is 1.11 bits per heavy atom. The van der Waals surface area contributed by atoms with Gasteiger partial charge in [0.25, 0.3) is 0 Å². The summed E-state index contributed by atoms with van der Waals surface area (Å²) in [6.45, 7) is 0. The minimum Gasteiger partial charge on any atom is -0.481 e. The van der Waals surface area contributed by atoms with Crippen LogP contribution in [0.1, 0.15) is 60.5 Å². The zero-order chi connectivity index (χ0) is 25.5. The highest BCUT2D eigenvalue weighted by Gasteiger charge is 2.27. The summed E-state index contributed by atoms with van der Waals surface area (Å²) in [7, 11) is 0. The van der Waals surface area contributed by atoms with Crippen LogP contribution >= 0.6 is 0 Å². The molecule has 0 aliphatic heterocycles. The van der Waals surface area contributed by atoms with E-state index in [1.165, 1.54) is 12.1 Å². The van der Waals surface area contributed by atoms with Crippen LogP contribution in [-0.2, 0) is 11.2 Å². The van der Waals surface area contributed by atoms with Gasteiger partial charge in [0.15, 0.2) is 0 Å².